The number of rotatable bonds is 5. The molecule has 6 heteroatoms. The second-order valence-electron chi connectivity index (χ2n) is 3.47. The molecule has 0 radical (unpaired) electrons. The number of carbonyl (C=O) groups excluding carboxylic acids is 2. The third kappa shape index (κ3) is 6.11. The van der Waals surface area contributed by atoms with E-state index >= 15 is 0 Å². The van der Waals surface area contributed by atoms with Crippen molar-refractivity contribution in [1.29, 1.82) is 0 Å². The lowest BCUT2D eigenvalue weighted by Crippen LogP contribution is -2.51. The maximum absolute atomic E-state index is 11.6. The molecule has 0 aromatic heterocycles. The SMILES string of the molecule is C=C(Br)CNC(=O)C(NC(N)=O)C(C)C. The smallest absolute Gasteiger partial charge is 0.312 e. The Labute approximate surface area is 97.6 Å². The van der Waals surface area contributed by atoms with Crippen LogP contribution in [-0.4, -0.2) is 24.5 Å². The maximum Gasteiger partial charge on any atom is 0.312 e. The average molecular weight is 278 g/mol. The molecule has 0 spiro atoms. The lowest BCUT2D eigenvalue weighted by Gasteiger charge is -2.20. The largest absolute Gasteiger partial charge is 0.352 e. The molecular formula is C9H16BrN3O2. The minimum atomic E-state index is -0.707. The summed E-state index contributed by atoms with van der Waals surface area (Å²) in [6.45, 7) is 7.55. The van der Waals surface area contributed by atoms with E-state index in [0.717, 1.165) is 0 Å². The standard InChI is InChI=1S/C9H16BrN3O2/c1-5(2)7(13-9(11)15)8(14)12-4-6(3)10/h5,7H,3-4H2,1-2H3,(H,12,14)(H3,11,13,15). The third-order valence-electron chi connectivity index (χ3n) is 1.70. The lowest BCUT2D eigenvalue weighted by molar-refractivity contribution is -0.123. The highest BCUT2D eigenvalue weighted by Crippen LogP contribution is 2.03. The van der Waals surface area contributed by atoms with Gasteiger partial charge in [0.25, 0.3) is 0 Å². The monoisotopic (exact) mass is 277 g/mol. The lowest BCUT2D eigenvalue weighted by atomic mass is 10.0. The Hall–Kier alpha value is -1.04. The number of halogens is 1. The predicted molar refractivity (Wildman–Crippen MR) is 62.4 cm³/mol. The van der Waals surface area contributed by atoms with Crippen LogP contribution in [0, 0.1) is 5.92 Å². The van der Waals surface area contributed by atoms with Crippen molar-refractivity contribution in [3.63, 3.8) is 0 Å². The predicted octanol–water partition coefficient (Wildman–Crippen LogP) is 0.704. The molecule has 0 bridgehead atoms. The van der Waals surface area contributed by atoms with E-state index in [-0.39, 0.29) is 11.8 Å². The van der Waals surface area contributed by atoms with Gasteiger partial charge in [-0.2, -0.15) is 0 Å². The molecule has 1 atom stereocenters. The van der Waals surface area contributed by atoms with Gasteiger partial charge in [0.2, 0.25) is 5.91 Å². The van der Waals surface area contributed by atoms with E-state index in [1.54, 1.807) is 0 Å². The Morgan fingerprint density at radius 1 is 1.47 bits per heavy atom. The number of primary amides is 1. The molecule has 0 fully saturated rings. The zero-order valence-corrected chi connectivity index (χ0v) is 10.4. The molecule has 0 rings (SSSR count). The van der Waals surface area contributed by atoms with Crippen molar-refractivity contribution in [2.75, 3.05) is 6.54 Å². The van der Waals surface area contributed by atoms with Crippen molar-refractivity contribution in [1.82, 2.24) is 10.6 Å². The molecule has 86 valence electrons. The second-order valence-corrected chi connectivity index (χ2v) is 4.59. The van der Waals surface area contributed by atoms with Gasteiger partial charge in [-0.25, -0.2) is 4.79 Å². The van der Waals surface area contributed by atoms with Crippen molar-refractivity contribution in [2.45, 2.75) is 19.9 Å². The zero-order chi connectivity index (χ0) is 12.0. The summed E-state index contributed by atoms with van der Waals surface area (Å²) in [6, 6.07) is -1.32. The zero-order valence-electron chi connectivity index (χ0n) is 8.84. The van der Waals surface area contributed by atoms with E-state index < -0.39 is 12.1 Å². The first-order valence-electron chi connectivity index (χ1n) is 4.51. The summed E-state index contributed by atoms with van der Waals surface area (Å²) in [7, 11) is 0. The number of nitrogens with one attached hydrogen (secondary N) is 2. The Morgan fingerprint density at radius 2 is 2.00 bits per heavy atom. The fourth-order valence-corrected chi connectivity index (χ4v) is 1.12. The second kappa shape index (κ2) is 6.44. The van der Waals surface area contributed by atoms with Gasteiger partial charge in [0.1, 0.15) is 6.04 Å². The topological polar surface area (TPSA) is 84.2 Å². The van der Waals surface area contributed by atoms with Crippen molar-refractivity contribution in [2.24, 2.45) is 11.7 Å². The van der Waals surface area contributed by atoms with E-state index in [1.165, 1.54) is 0 Å². The number of nitrogens with two attached hydrogens (primary N) is 1. The molecule has 5 nitrogen and oxygen atoms in total. The van der Waals surface area contributed by atoms with E-state index in [1.807, 2.05) is 13.8 Å². The Morgan fingerprint density at radius 3 is 2.33 bits per heavy atom. The molecule has 0 aliphatic carbocycles. The van der Waals surface area contributed by atoms with Crippen LogP contribution in [0.5, 0.6) is 0 Å². The van der Waals surface area contributed by atoms with Crippen molar-refractivity contribution in [3.8, 4) is 0 Å². The van der Waals surface area contributed by atoms with Gasteiger partial charge in [-0.05, 0) is 5.92 Å². The summed E-state index contributed by atoms with van der Waals surface area (Å²) in [5.74, 6) is -0.300. The summed E-state index contributed by atoms with van der Waals surface area (Å²) < 4.78 is 0.664. The molecule has 3 amide bonds. The van der Waals surface area contributed by atoms with Gasteiger partial charge in [-0.1, -0.05) is 36.4 Å². The van der Waals surface area contributed by atoms with E-state index in [0.29, 0.717) is 11.0 Å². The summed E-state index contributed by atoms with van der Waals surface area (Å²) in [5, 5.41) is 5.00. The quantitative estimate of drug-likeness (QED) is 0.691. The Kier molecular flexibility index (Phi) is 6.00. The molecule has 1 unspecified atom stereocenters. The number of carbonyl (C=O) groups is 2. The van der Waals surface area contributed by atoms with Crippen LogP contribution in [0.2, 0.25) is 0 Å². The highest BCUT2D eigenvalue weighted by Gasteiger charge is 2.22. The van der Waals surface area contributed by atoms with Gasteiger partial charge in [-0.3, -0.25) is 4.79 Å². The minimum absolute atomic E-state index is 0.0268. The van der Waals surface area contributed by atoms with E-state index in [4.69, 9.17) is 5.73 Å². The molecule has 0 aliphatic heterocycles. The van der Waals surface area contributed by atoms with Gasteiger partial charge < -0.3 is 16.4 Å². The molecule has 0 aromatic rings. The van der Waals surface area contributed by atoms with Crippen molar-refractivity contribution in [3.05, 3.63) is 11.1 Å². The van der Waals surface area contributed by atoms with Gasteiger partial charge in [0.15, 0.2) is 0 Å². The fourth-order valence-electron chi connectivity index (χ4n) is 0.981. The van der Waals surface area contributed by atoms with Gasteiger partial charge in [0.05, 0.1) is 0 Å². The molecule has 4 N–H and O–H groups in total. The molecule has 0 heterocycles. The van der Waals surface area contributed by atoms with Gasteiger partial charge in [0, 0.05) is 11.0 Å². The molecule has 0 aromatic carbocycles. The summed E-state index contributed by atoms with van der Waals surface area (Å²) in [6.07, 6.45) is 0. The van der Waals surface area contributed by atoms with Crippen molar-refractivity contribution < 1.29 is 9.59 Å². The first kappa shape index (κ1) is 14.0. The Balaban J connectivity index is 4.29. The number of hydrogen-bond acceptors (Lipinski definition) is 2. The van der Waals surface area contributed by atoms with Crippen LogP contribution in [0.15, 0.2) is 11.1 Å². The van der Waals surface area contributed by atoms with E-state index in [9.17, 15) is 9.59 Å². The third-order valence-corrected chi connectivity index (χ3v) is 1.98. The summed E-state index contributed by atoms with van der Waals surface area (Å²) >= 11 is 3.12. The normalized spacial score (nSPS) is 12.0. The Bertz CT molecular complexity index is 266. The summed E-state index contributed by atoms with van der Waals surface area (Å²) in [5.41, 5.74) is 4.97. The van der Waals surface area contributed by atoms with Crippen LogP contribution in [0.3, 0.4) is 0 Å². The van der Waals surface area contributed by atoms with Crippen LogP contribution in [0.25, 0.3) is 0 Å². The number of hydrogen-bond donors (Lipinski definition) is 3. The van der Waals surface area contributed by atoms with Crippen molar-refractivity contribution >= 4 is 27.9 Å². The highest BCUT2D eigenvalue weighted by molar-refractivity contribution is 9.11. The first-order chi connectivity index (χ1) is 6.84. The average Bonchev–Trinajstić information content (AvgIpc) is 2.09. The molecule has 15 heavy (non-hydrogen) atoms. The number of urea groups is 1. The number of amides is 3. The van der Waals surface area contributed by atoms with Crippen LogP contribution in [0.1, 0.15) is 13.8 Å². The molecule has 0 saturated carbocycles. The highest BCUT2D eigenvalue weighted by atomic mass is 79.9. The van der Waals surface area contributed by atoms with Crippen LogP contribution < -0.4 is 16.4 Å². The minimum Gasteiger partial charge on any atom is -0.352 e. The van der Waals surface area contributed by atoms with Gasteiger partial charge >= 0.3 is 6.03 Å². The molecule has 0 aliphatic rings. The summed E-state index contributed by atoms with van der Waals surface area (Å²) in [4.78, 5) is 22.2. The maximum atomic E-state index is 11.6. The van der Waals surface area contributed by atoms with Crippen LogP contribution in [-0.2, 0) is 4.79 Å². The molecular weight excluding hydrogens is 262 g/mol. The van der Waals surface area contributed by atoms with Crippen LogP contribution in [0.4, 0.5) is 4.79 Å². The molecule has 0 saturated heterocycles. The fraction of sp³-hybridized carbons (Fsp3) is 0.556. The van der Waals surface area contributed by atoms with Crippen LogP contribution >= 0.6 is 15.9 Å². The van der Waals surface area contributed by atoms with Gasteiger partial charge in [-0.15, -0.1) is 0 Å². The first-order valence-corrected chi connectivity index (χ1v) is 5.30. The van der Waals surface area contributed by atoms with E-state index in [2.05, 4.69) is 33.1 Å².